The lowest BCUT2D eigenvalue weighted by Gasteiger charge is -2.26. The van der Waals surface area contributed by atoms with E-state index in [9.17, 15) is 9.90 Å². The van der Waals surface area contributed by atoms with Gasteiger partial charge in [0, 0.05) is 17.7 Å². The molecule has 0 bridgehead atoms. The highest BCUT2D eigenvalue weighted by atomic mass is 127. The summed E-state index contributed by atoms with van der Waals surface area (Å²) in [4.78, 5) is 20.7. The van der Waals surface area contributed by atoms with Gasteiger partial charge >= 0.3 is 5.97 Å². The predicted octanol–water partition coefficient (Wildman–Crippen LogP) is 6.32. The molecule has 5 nitrogen and oxygen atoms in total. The number of para-hydroxylation sites is 1. The van der Waals surface area contributed by atoms with Gasteiger partial charge in [-0.05, 0) is 73.6 Å². The van der Waals surface area contributed by atoms with Crippen molar-refractivity contribution in [2.24, 2.45) is 0 Å². The average Bonchev–Trinajstić information content (AvgIpc) is 2.86. The summed E-state index contributed by atoms with van der Waals surface area (Å²) in [6.45, 7) is 9.76. The predicted molar refractivity (Wildman–Crippen MR) is 156 cm³/mol. The Morgan fingerprint density at radius 2 is 1.58 bits per heavy atom. The number of hydrogen-bond donors (Lipinski definition) is 1. The van der Waals surface area contributed by atoms with Crippen LogP contribution < -0.4 is 4.74 Å². The van der Waals surface area contributed by atoms with Crippen LogP contribution >= 0.6 is 45.2 Å². The van der Waals surface area contributed by atoms with Gasteiger partial charge < -0.3 is 19.6 Å². The van der Waals surface area contributed by atoms with E-state index in [1.165, 1.54) is 0 Å². The first kappa shape index (κ1) is 30.1. The molecule has 1 aliphatic rings. The van der Waals surface area contributed by atoms with E-state index in [1.54, 1.807) is 0 Å². The number of carboxylic acids is 1. The fraction of sp³-hybridized carbons (Fsp3) is 0.500. The first-order valence-electron chi connectivity index (χ1n) is 11.3. The smallest absolute Gasteiger partial charge is 0.315 e. The molecule has 1 atom stereocenters. The lowest BCUT2D eigenvalue weighted by Crippen LogP contribution is -2.29. The maximum Gasteiger partial charge on any atom is 0.315 e. The molecule has 1 heterocycles. The molecule has 0 radical (unpaired) electrons. The number of alkyl halides is 2. The number of halogens is 2. The average molecular weight is 680 g/mol. The number of ether oxygens (including phenoxy) is 1. The summed E-state index contributed by atoms with van der Waals surface area (Å²) < 4.78 is 5.96. The van der Waals surface area contributed by atoms with Crippen LogP contribution in [-0.2, 0) is 11.2 Å². The van der Waals surface area contributed by atoms with Crippen LogP contribution in [0.4, 0.5) is 0 Å². The number of carboxylic acid groups (broad SMARTS) is 1. The number of rotatable bonds is 10. The number of hydrogen-bond acceptors (Lipinski definition) is 4. The van der Waals surface area contributed by atoms with Crippen molar-refractivity contribution in [3.8, 4) is 11.5 Å². The normalized spacial score (nSPS) is 13.7. The molecule has 0 fully saturated rings. The van der Waals surface area contributed by atoms with Crippen LogP contribution in [0.2, 0.25) is 0 Å². The van der Waals surface area contributed by atoms with E-state index in [1.807, 2.05) is 46.3 Å². The van der Waals surface area contributed by atoms with Crippen molar-refractivity contribution in [1.82, 2.24) is 9.80 Å². The van der Waals surface area contributed by atoms with Gasteiger partial charge in [-0.3, -0.25) is 4.79 Å². The second-order valence-electron chi connectivity index (χ2n) is 7.72. The molecule has 1 aliphatic heterocycles. The van der Waals surface area contributed by atoms with Crippen molar-refractivity contribution in [2.75, 3.05) is 49.6 Å². The third-order valence-electron chi connectivity index (χ3n) is 5.77. The van der Waals surface area contributed by atoms with Crippen LogP contribution in [0.25, 0.3) is 0 Å². The van der Waals surface area contributed by atoms with E-state index in [0.29, 0.717) is 11.5 Å². The molecule has 3 rings (SSSR count). The SMILES string of the molecule is CCN(CC)CCCN(C)CCc1ccc2c(c1)C(C(=O)O)c1ccccc1O2.CI.CI. The summed E-state index contributed by atoms with van der Waals surface area (Å²) in [5, 5.41) is 9.86. The van der Waals surface area contributed by atoms with E-state index in [4.69, 9.17) is 4.74 Å². The second kappa shape index (κ2) is 16.7. The summed E-state index contributed by atoms with van der Waals surface area (Å²) >= 11 is 4.30. The van der Waals surface area contributed by atoms with E-state index in [-0.39, 0.29) is 0 Å². The lowest BCUT2D eigenvalue weighted by molar-refractivity contribution is -0.137. The third-order valence-corrected chi connectivity index (χ3v) is 5.77. The van der Waals surface area contributed by atoms with E-state index in [2.05, 4.69) is 81.9 Å². The highest BCUT2D eigenvalue weighted by molar-refractivity contribution is 14.1. The monoisotopic (exact) mass is 680 g/mol. The van der Waals surface area contributed by atoms with Gasteiger partial charge in [-0.2, -0.15) is 0 Å². The molecule has 0 saturated heterocycles. The molecule has 0 aromatic heterocycles. The van der Waals surface area contributed by atoms with Crippen LogP contribution in [0, 0.1) is 0 Å². The Morgan fingerprint density at radius 3 is 2.21 bits per heavy atom. The quantitative estimate of drug-likeness (QED) is 0.236. The second-order valence-corrected chi connectivity index (χ2v) is 7.72. The van der Waals surface area contributed by atoms with Gasteiger partial charge in [0.15, 0.2) is 0 Å². The molecule has 0 amide bonds. The maximum absolute atomic E-state index is 12.0. The number of fused-ring (bicyclic) bond motifs is 2. The van der Waals surface area contributed by atoms with Gasteiger partial charge in [-0.25, -0.2) is 0 Å². The van der Waals surface area contributed by atoms with Crippen molar-refractivity contribution >= 4 is 51.2 Å². The number of aliphatic carboxylic acids is 1. The van der Waals surface area contributed by atoms with Crippen LogP contribution in [0.15, 0.2) is 42.5 Å². The molecular weight excluding hydrogens is 642 g/mol. The van der Waals surface area contributed by atoms with Crippen LogP contribution in [0.1, 0.15) is 42.9 Å². The van der Waals surface area contributed by atoms with Crippen molar-refractivity contribution in [3.63, 3.8) is 0 Å². The topological polar surface area (TPSA) is 53.0 Å². The van der Waals surface area contributed by atoms with Crippen LogP contribution in [0.3, 0.4) is 0 Å². The first-order valence-corrected chi connectivity index (χ1v) is 15.6. The lowest BCUT2D eigenvalue weighted by atomic mass is 9.87. The molecule has 0 saturated carbocycles. The van der Waals surface area contributed by atoms with E-state index in [0.717, 1.165) is 62.3 Å². The summed E-state index contributed by atoms with van der Waals surface area (Å²) in [5.74, 6) is -0.241. The van der Waals surface area contributed by atoms with Gasteiger partial charge in [0.25, 0.3) is 0 Å². The Hall–Kier alpha value is -0.910. The molecule has 2 aromatic carbocycles. The zero-order valence-electron chi connectivity index (χ0n) is 20.5. The Balaban J connectivity index is 0.00000129. The van der Waals surface area contributed by atoms with E-state index < -0.39 is 11.9 Å². The highest BCUT2D eigenvalue weighted by Gasteiger charge is 2.32. The molecule has 1 unspecified atom stereocenters. The Morgan fingerprint density at radius 1 is 0.939 bits per heavy atom. The molecule has 33 heavy (non-hydrogen) atoms. The summed E-state index contributed by atoms with van der Waals surface area (Å²) in [6.07, 6.45) is 2.05. The molecule has 7 heteroatoms. The molecule has 0 aliphatic carbocycles. The summed E-state index contributed by atoms with van der Waals surface area (Å²) in [7, 11) is 2.15. The summed E-state index contributed by atoms with van der Waals surface area (Å²) in [5.41, 5.74) is 2.62. The minimum atomic E-state index is -0.840. The highest BCUT2D eigenvalue weighted by Crippen LogP contribution is 2.44. The molecular formula is C26H38I2N2O3. The largest absolute Gasteiger partial charge is 0.481 e. The molecule has 0 spiro atoms. The molecule has 1 N–H and O–H groups in total. The Bertz CT molecular complexity index is 844. The number of carbonyl (C=O) groups is 1. The number of benzene rings is 2. The van der Waals surface area contributed by atoms with Gasteiger partial charge in [0.1, 0.15) is 17.4 Å². The minimum absolute atomic E-state index is 0.632. The number of likely N-dealkylation sites (N-methyl/N-ethyl adjacent to an activating group) is 1. The zero-order valence-corrected chi connectivity index (χ0v) is 24.8. The van der Waals surface area contributed by atoms with Gasteiger partial charge in [-0.15, -0.1) is 0 Å². The van der Waals surface area contributed by atoms with Crippen molar-refractivity contribution in [1.29, 1.82) is 0 Å². The summed E-state index contributed by atoms with van der Waals surface area (Å²) in [6, 6.07) is 13.4. The maximum atomic E-state index is 12.0. The standard InChI is InChI=1S/C24H32N2O3.2CH3I/c1-4-26(5-2)15-8-14-25(3)16-13-18-11-12-22-20(17-18)23(24(27)28)19-9-6-7-10-21(19)29-22;2*1-2/h6-7,9-12,17,23H,4-5,8,13-16H2,1-3H3,(H,27,28);2*1H3. The minimum Gasteiger partial charge on any atom is -0.481 e. The van der Waals surface area contributed by atoms with Gasteiger partial charge in [0.2, 0.25) is 0 Å². The first-order chi connectivity index (χ1) is 16.0. The van der Waals surface area contributed by atoms with Gasteiger partial charge in [-0.1, -0.05) is 89.4 Å². The Labute approximate surface area is 227 Å². The fourth-order valence-corrected chi connectivity index (χ4v) is 3.97. The molecule has 2 aromatic rings. The number of nitrogens with zero attached hydrogens (tertiary/aromatic N) is 2. The fourth-order valence-electron chi connectivity index (χ4n) is 3.97. The van der Waals surface area contributed by atoms with Gasteiger partial charge in [0.05, 0.1) is 0 Å². The van der Waals surface area contributed by atoms with E-state index >= 15 is 0 Å². The van der Waals surface area contributed by atoms with Crippen molar-refractivity contribution < 1.29 is 14.6 Å². The van der Waals surface area contributed by atoms with Crippen molar-refractivity contribution in [3.05, 3.63) is 59.2 Å². The van der Waals surface area contributed by atoms with Crippen LogP contribution in [-0.4, -0.2) is 70.5 Å². The zero-order chi connectivity index (χ0) is 24.8. The third kappa shape index (κ3) is 8.99. The Kier molecular flexibility index (Phi) is 15.2. The van der Waals surface area contributed by atoms with Crippen LogP contribution in [0.5, 0.6) is 11.5 Å². The van der Waals surface area contributed by atoms with Crippen molar-refractivity contribution in [2.45, 2.75) is 32.6 Å². The molecule has 184 valence electrons.